The van der Waals surface area contributed by atoms with Crippen LogP contribution in [0.5, 0.6) is 0 Å². The van der Waals surface area contributed by atoms with E-state index in [1.165, 1.54) is 19.3 Å². The average Bonchev–Trinajstić information content (AvgIpc) is 3.26. The second-order valence-electron chi connectivity index (χ2n) is 8.74. The number of anilines is 1. The molecule has 1 amide bonds. The molecule has 1 saturated carbocycles. The number of hydrogen-bond acceptors (Lipinski definition) is 3. The van der Waals surface area contributed by atoms with Gasteiger partial charge in [-0.3, -0.25) is 4.79 Å². The number of thioether (sulfide) groups is 1. The van der Waals surface area contributed by atoms with Gasteiger partial charge in [0.05, 0.1) is 4.91 Å². The summed E-state index contributed by atoms with van der Waals surface area (Å²) in [4.78, 5) is 20.1. The number of H-pyrrole nitrogens is 1. The number of para-hydroxylation sites is 2. The van der Waals surface area contributed by atoms with Gasteiger partial charge in [-0.05, 0) is 50.0 Å². The van der Waals surface area contributed by atoms with Crippen LogP contribution in [-0.2, 0) is 4.79 Å². The van der Waals surface area contributed by atoms with Crippen molar-refractivity contribution in [1.29, 1.82) is 0 Å². The van der Waals surface area contributed by atoms with Crippen molar-refractivity contribution in [2.24, 2.45) is 5.92 Å². The summed E-state index contributed by atoms with van der Waals surface area (Å²) in [5.41, 5.74) is 4.28. The van der Waals surface area contributed by atoms with Gasteiger partial charge in [0.1, 0.15) is 0 Å². The van der Waals surface area contributed by atoms with Gasteiger partial charge in [-0.2, -0.15) is 0 Å². The van der Waals surface area contributed by atoms with Crippen LogP contribution in [0.1, 0.15) is 43.9 Å². The number of fused-ring (bicyclic) bond motifs is 1. The summed E-state index contributed by atoms with van der Waals surface area (Å²) in [6.45, 7) is 4.38. The number of rotatable bonds is 4. The van der Waals surface area contributed by atoms with Crippen LogP contribution in [0.4, 0.5) is 5.69 Å². The van der Waals surface area contributed by atoms with Crippen molar-refractivity contribution >= 4 is 40.3 Å². The SMILES string of the molecule is Cc1[nH]c2ccccc2c1/C=C1\SC(Nc2ccccc2)N([C@H]2CCCC[C@@H]2C)C1=O. The highest BCUT2D eigenvalue weighted by Gasteiger charge is 2.43. The predicted octanol–water partition coefficient (Wildman–Crippen LogP) is 6.37. The lowest BCUT2D eigenvalue weighted by molar-refractivity contribution is -0.129. The van der Waals surface area contributed by atoms with Crippen LogP contribution in [0.2, 0.25) is 0 Å². The minimum atomic E-state index is -0.0859. The zero-order valence-corrected chi connectivity index (χ0v) is 18.9. The Morgan fingerprint density at radius 3 is 2.61 bits per heavy atom. The number of carbonyl (C=O) groups is 1. The standard InChI is InChI=1S/C26H29N3OS/c1-17-10-6-9-15-23(17)29-25(30)24(31-26(29)28-19-11-4-3-5-12-19)16-21-18(2)27-22-14-8-7-13-20(21)22/h3-5,7-8,11-14,16-17,23,26-28H,6,9-10,15H2,1-2H3/b24-16-/t17-,23-,26?/m0/s1. The number of amides is 1. The lowest BCUT2D eigenvalue weighted by Gasteiger charge is -2.39. The van der Waals surface area contributed by atoms with E-state index in [0.717, 1.165) is 39.2 Å². The van der Waals surface area contributed by atoms with Crippen molar-refractivity contribution in [3.05, 3.63) is 70.8 Å². The van der Waals surface area contributed by atoms with E-state index in [9.17, 15) is 4.79 Å². The quantitative estimate of drug-likeness (QED) is 0.472. The van der Waals surface area contributed by atoms with Crippen LogP contribution in [0, 0.1) is 12.8 Å². The molecule has 2 aliphatic rings. The second kappa shape index (κ2) is 8.46. The van der Waals surface area contributed by atoms with Crippen LogP contribution >= 0.6 is 11.8 Å². The van der Waals surface area contributed by atoms with Crippen LogP contribution in [-0.4, -0.2) is 27.3 Å². The van der Waals surface area contributed by atoms with Crippen molar-refractivity contribution < 1.29 is 4.79 Å². The molecule has 4 nitrogen and oxygen atoms in total. The minimum absolute atomic E-state index is 0.0859. The number of nitrogens with one attached hydrogen (secondary N) is 2. The van der Waals surface area contributed by atoms with Gasteiger partial charge in [-0.15, -0.1) is 0 Å². The van der Waals surface area contributed by atoms with Gasteiger partial charge in [0.2, 0.25) is 0 Å². The first-order chi connectivity index (χ1) is 15.1. The van der Waals surface area contributed by atoms with E-state index in [0.29, 0.717) is 5.92 Å². The summed E-state index contributed by atoms with van der Waals surface area (Å²) in [7, 11) is 0. The number of aromatic amines is 1. The first kappa shape index (κ1) is 20.3. The number of hydrogen-bond donors (Lipinski definition) is 2. The third-order valence-electron chi connectivity index (χ3n) is 6.64. The monoisotopic (exact) mass is 431 g/mol. The molecule has 5 rings (SSSR count). The van der Waals surface area contributed by atoms with Gasteiger partial charge in [0, 0.05) is 33.9 Å². The van der Waals surface area contributed by atoms with E-state index in [1.54, 1.807) is 11.8 Å². The Morgan fingerprint density at radius 2 is 1.81 bits per heavy atom. The molecule has 3 atom stereocenters. The summed E-state index contributed by atoms with van der Waals surface area (Å²) in [5.74, 6) is 0.675. The molecule has 2 N–H and O–H groups in total. The maximum atomic E-state index is 13.7. The maximum absolute atomic E-state index is 13.7. The maximum Gasteiger partial charge on any atom is 0.262 e. The molecule has 2 heterocycles. The van der Waals surface area contributed by atoms with Gasteiger partial charge in [0.15, 0.2) is 5.50 Å². The predicted molar refractivity (Wildman–Crippen MR) is 131 cm³/mol. The third kappa shape index (κ3) is 3.87. The lowest BCUT2D eigenvalue weighted by atomic mass is 9.85. The summed E-state index contributed by atoms with van der Waals surface area (Å²) < 4.78 is 0. The smallest absolute Gasteiger partial charge is 0.262 e. The molecule has 0 bridgehead atoms. The van der Waals surface area contributed by atoms with Gasteiger partial charge in [0.25, 0.3) is 5.91 Å². The molecule has 5 heteroatoms. The second-order valence-corrected chi connectivity index (χ2v) is 9.86. The molecule has 1 aromatic heterocycles. The molecular weight excluding hydrogens is 402 g/mol. The number of aromatic nitrogens is 1. The lowest BCUT2D eigenvalue weighted by Crippen LogP contribution is -2.48. The van der Waals surface area contributed by atoms with Crippen molar-refractivity contribution in [2.45, 2.75) is 51.1 Å². The summed E-state index contributed by atoms with van der Waals surface area (Å²) in [5, 5.41) is 4.78. The first-order valence-corrected chi connectivity index (χ1v) is 12.1. The van der Waals surface area contributed by atoms with Crippen molar-refractivity contribution in [3.63, 3.8) is 0 Å². The molecule has 31 heavy (non-hydrogen) atoms. The third-order valence-corrected chi connectivity index (χ3v) is 7.76. The normalized spacial score (nSPS) is 25.5. The number of benzene rings is 2. The largest absolute Gasteiger partial charge is 0.358 e. The van der Waals surface area contributed by atoms with Crippen LogP contribution in [0.25, 0.3) is 17.0 Å². The molecule has 1 unspecified atom stereocenters. The Balaban J connectivity index is 1.52. The van der Waals surface area contributed by atoms with E-state index >= 15 is 0 Å². The molecule has 1 aliphatic heterocycles. The van der Waals surface area contributed by atoms with E-state index in [1.807, 2.05) is 24.3 Å². The fraction of sp³-hybridized carbons (Fsp3) is 0.346. The van der Waals surface area contributed by atoms with E-state index in [4.69, 9.17) is 0 Å². The zero-order valence-electron chi connectivity index (χ0n) is 18.1. The zero-order chi connectivity index (χ0) is 21.4. The van der Waals surface area contributed by atoms with E-state index in [-0.39, 0.29) is 17.4 Å². The molecule has 1 aliphatic carbocycles. The number of nitrogens with zero attached hydrogens (tertiary/aromatic N) is 1. The molecule has 2 fully saturated rings. The average molecular weight is 432 g/mol. The summed E-state index contributed by atoms with van der Waals surface area (Å²) >= 11 is 1.65. The topological polar surface area (TPSA) is 48.1 Å². The summed E-state index contributed by atoms with van der Waals surface area (Å²) in [6, 6.07) is 18.8. The van der Waals surface area contributed by atoms with E-state index < -0.39 is 0 Å². The van der Waals surface area contributed by atoms with Gasteiger partial charge < -0.3 is 15.2 Å². The highest BCUT2D eigenvalue weighted by Crippen LogP contribution is 2.42. The Kier molecular flexibility index (Phi) is 5.53. The highest BCUT2D eigenvalue weighted by molar-refractivity contribution is 8.05. The molecular formula is C26H29N3OS. The van der Waals surface area contributed by atoms with Crippen LogP contribution < -0.4 is 5.32 Å². The minimum Gasteiger partial charge on any atom is -0.358 e. The summed E-state index contributed by atoms with van der Waals surface area (Å²) in [6.07, 6.45) is 6.83. The molecule has 160 valence electrons. The van der Waals surface area contributed by atoms with Gasteiger partial charge >= 0.3 is 0 Å². The molecule has 1 saturated heterocycles. The van der Waals surface area contributed by atoms with Gasteiger partial charge in [-0.1, -0.05) is 67.9 Å². The Bertz CT molecular complexity index is 1120. The number of carbonyl (C=O) groups excluding carboxylic acids is 1. The van der Waals surface area contributed by atoms with Crippen LogP contribution in [0.15, 0.2) is 59.5 Å². The van der Waals surface area contributed by atoms with Crippen molar-refractivity contribution in [3.8, 4) is 0 Å². The Labute approximate surface area is 188 Å². The fourth-order valence-electron chi connectivity index (χ4n) is 4.98. The Hall–Kier alpha value is -2.66. The van der Waals surface area contributed by atoms with Crippen LogP contribution in [0.3, 0.4) is 0 Å². The first-order valence-electron chi connectivity index (χ1n) is 11.2. The molecule has 0 spiro atoms. The highest BCUT2D eigenvalue weighted by atomic mass is 32.2. The Morgan fingerprint density at radius 1 is 1.06 bits per heavy atom. The van der Waals surface area contributed by atoms with Crippen molar-refractivity contribution in [2.75, 3.05) is 5.32 Å². The molecule has 0 radical (unpaired) electrons. The number of aryl methyl sites for hydroxylation is 1. The molecule has 2 aromatic carbocycles. The van der Waals surface area contributed by atoms with Crippen molar-refractivity contribution in [1.82, 2.24) is 9.88 Å². The van der Waals surface area contributed by atoms with E-state index in [2.05, 4.69) is 65.5 Å². The fourth-order valence-corrected chi connectivity index (χ4v) is 6.18. The van der Waals surface area contributed by atoms with Gasteiger partial charge in [-0.25, -0.2) is 0 Å². The molecule has 3 aromatic rings.